The highest BCUT2D eigenvalue weighted by molar-refractivity contribution is 5.87. The summed E-state index contributed by atoms with van der Waals surface area (Å²) >= 11 is 0. The van der Waals surface area contributed by atoms with Crippen LogP contribution in [0.25, 0.3) is 10.8 Å². The van der Waals surface area contributed by atoms with Crippen LogP contribution in [-0.2, 0) is 11.3 Å². The molecular formula is C15H20N2O2. The fraction of sp³-hybridized carbons (Fsp3) is 0.400. The Kier molecular flexibility index (Phi) is 5.12. The lowest BCUT2D eigenvalue weighted by atomic mass is 10.1. The Labute approximate surface area is 113 Å². The molecule has 2 rings (SSSR count). The van der Waals surface area contributed by atoms with Crippen molar-refractivity contribution in [1.82, 2.24) is 10.3 Å². The number of hydrogen-bond acceptors (Lipinski definition) is 4. The molecule has 0 fully saturated rings. The number of methoxy groups -OCH3 is 1. The molecule has 1 heterocycles. The molecule has 0 aliphatic carbocycles. The van der Waals surface area contributed by atoms with E-state index in [0.717, 1.165) is 29.4 Å². The van der Waals surface area contributed by atoms with E-state index in [4.69, 9.17) is 9.47 Å². The van der Waals surface area contributed by atoms with Crippen molar-refractivity contribution in [2.75, 3.05) is 27.4 Å². The summed E-state index contributed by atoms with van der Waals surface area (Å²) in [5.74, 6) is 0.708. The summed E-state index contributed by atoms with van der Waals surface area (Å²) in [4.78, 5) is 4.56. The number of nitrogens with zero attached hydrogens (tertiary/aromatic N) is 1. The van der Waals surface area contributed by atoms with Gasteiger partial charge in [-0.25, -0.2) is 4.98 Å². The number of fused-ring (bicyclic) bond motifs is 1. The van der Waals surface area contributed by atoms with E-state index in [0.29, 0.717) is 19.1 Å². The fourth-order valence-electron chi connectivity index (χ4n) is 1.97. The molecule has 1 aromatic carbocycles. The Balaban J connectivity index is 2.23. The molecule has 0 spiro atoms. The zero-order valence-corrected chi connectivity index (χ0v) is 11.5. The van der Waals surface area contributed by atoms with Crippen molar-refractivity contribution >= 4 is 10.8 Å². The van der Waals surface area contributed by atoms with E-state index in [1.165, 1.54) is 0 Å². The largest absolute Gasteiger partial charge is 0.477 e. The fourth-order valence-corrected chi connectivity index (χ4v) is 1.97. The van der Waals surface area contributed by atoms with Gasteiger partial charge in [0.1, 0.15) is 0 Å². The number of pyridine rings is 1. The predicted octanol–water partition coefficient (Wildman–Crippen LogP) is 2.37. The molecule has 0 saturated carbocycles. The molecular weight excluding hydrogens is 240 g/mol. The van der Waals surface area contributed by atoms with Crippen LogP contribution in [0.5, 0.6) is 5.88 Å². The Morgan fingerprint density at radius 2 is 2.05 bits per heavy atom. The summed E-state index contributed by atoms with van der Waals surface area (Å²) < 4.78 is 10.8. The van der Waals surface area contributed by atoms with Gasteiger partial charge in [0, 0.05) is 32.1 Å². The standard InChI is InChI=1S/C15H20N2O2/c1-16-11-13-10-12-6-3-4-7-14(12)15(17-13)19-9-5-8-18-2/h3-4,6-7,10,16H,5,8-9,11H2,1-2H3. The lowest BCUT2D eigenvalue weighted by Gasteiger charge is -2.10. The Morgan fingerprint density at radius 3 is 2.84 bits per heavy atom. The van der Waals surface area contributed by atoms with Crippen LogP contribution in [0.15, 0.2) is 30.3 Å². The summed E-state index contributed by atoms with van der Waals surface area (Å²) in [7, 11) is 3.61. The summed E-state index contributed by atoms with van der Waals surface area (Å²) in [6.45, 7) is 2.06. The molecule has 0 aliphatic heterocycles. The quantitative estimate of drug-likeness (QED) is 0.776. The molecule has 0 bridgehead atoms. The number of rotatable bonds is 7. The SMILES string of the molecule is CNCc1cc2ccccc2c(OCCCOC)n1. The smallest absolute Gasteiger partial charge is 0.221 e. The molecule has 1 aromatic heterocycles. The first-order valence-electron chi connectivity index (χ1n) is 6.50. The van der Waals surface area contributed by atoms with Gasteiger partial charge in [-0.3, -0.25) is 0 Å². The highest BCUT2D eigenvalue weighted by Gasteiger charge is 2.06. The molecule has 0 amide bonds. The van der Waals surface area contributed by atoms with Gasteiger partial charge in [0.15, 0.2) is 0 Å². The first-order chi connectivity index (χ1) is 9.35. The normalized spacial score (nSPS) is 10.8. The van der Waals surface area contributed by atoms with Crippen LogP contribution in [-0.4, -0.2) is 32.4 Å². The average molecular weight is 260 g/mol. The number of nitrogens with one attached hydrogen (secondary N) is 1. The van der Waals surface area contributed by atoms with Crippen molar-refractivity contribution in [3.63, 3.8) is 0 Å². The number of ether oxygens (including phenoxy) is 2. The topological polar surface area (TPSA) is 43.4 Å². The van der Waals surface area contributed by atoms with Crippen molar-refractivity contribution in [2.24, 2.45) is 0 Å². The van der Waals surface area contributed by atoms with Gasteiger partial charge >= 0.3 is 0 Å². The minimum absolute atomic E-state index is 0.619. The van der Waals surface area contributed by atoms with Crippen LogP contribution in [0, 0.1) is 0 Å². The Morgan fingerprint density at radius 1 is 1.21 bits per heavy atom. The van der Waals surface area contributed by atoms with Gasteiger partial charge in [-0.2, -0.15) is 0 Å². The summed E-state index contributed by atoms with van der Waals surface area (Å²) in [6.07, 6.45) is 0.864. The van der Waals surface area contributed by atoms with Gasteiger partial charge in [-0.05, 0) is 24.6 Å². The third-order valence-electron chi connectivity index (χ3n) is 2.85. The maximum Gasteiger partial charge on any atom is 0.221 e. The minimum atomic E-state index is 0.619. The van der Waals surface area contributed by atoms with Crippen LogP contribution in [0.3, 0.4) is 0 Å². The summed E-state index contributed by atoms with van der Waals surface area (Å²) in [6, 6.07) is 10.2. The van der Waals surface area contributed by atoms with Crippen molar-refractivity contribution in [3.05, 3.63) is 36.0 Å². The molecule has 0 unspecified atom stereocenters. The first kappa shape index (κ1) is 13.8. The minimum Gasteiger partial charge on any atom is -0.477 e. The van der Waals surface area contributed by atoms with Crippen molar-refractivity contribution in [3.8, 4) is 5.88 Å². The van der Waals surface area contributed by atoms with Crippen LogP contribution < -0.4 is 10.1 Å². The van der Waals surface area contributed by atoms with E-state index in [1.54, 1.807) is 7.11 Å². The van der Waals surface area contributed by atoms with Gasteiger partial charge in [0.05, 0.1) is 12.3 Å². The van der Waals surface area contributed by atoms with E-state index in [1.807, 2.05) is 25.2 Å². The molecule has 102 valence electrons. The molecule has 4 nitrogen and oxygen atoms in total. The second kappa shape index (κ2) is 7.07. The van der Waals surface area contributed by atoms with Crippen LogP contribution in [0.1, 0.15) is 12.1 Å². The third kappa shape index (κ3) is 3.66. The number of hydrogen-bond donors (Lipinski definition) is 1. The van der Waals surface area contributed by atoms with Gasteiger partial charge in [-0.1, -0.05) is 18.2 Å². The highest BCUT2D eigenvalue weighted by Crippen LogP contribution is 2.24. The number of benzene rings is 1. The molecule has 4 heteroatoms. The predicted molar refractivity (Wildman–Crippen MR) is 76.5 cm³/mol. The second-order valence-corrected chi connectivity index (χ2v) is 4.37. The monoisotopic (exact) mass is 260 g/mol. The van der Waals surface area contributed by atoms with E-state index < -0.39 is 0 Å². The average Bonchev–Trinajstić information content (AvgIpc) is 2.44. The van der Waals surface area contributed by atoms with Gasteiger partial charge in [-0.15, -0.1) is 0 Å². The highest BCUT2D eigenvalue weighted by atomic mass is 16.5. The van der Waals surface area contributed by atoms with E-state index in [2.05, 4.69) is 22.4 Å². The molecule has 1 N–H and O–H groups in total. The van der Waals surface area contributed by atoms with Crippen LogP contribution >= 0.6 is 0 Å². The second-order valence-electron chi connectivity index (χ2n) is 4.37. The third-order valence-corrected chi connectivity index (χ3v) is 2.85. The maximum atomic E-state index is 5.79. The molecule has 0 radical (unpaired) electrons. The summed E-state index contributed by atoms with van der Waals surface area (Å²) in [5.41, 5.74) is 0.989. The van der Waals surface area contributed by atoms with Crippen LogP contribution in [0.2, 0.25) is 0 Å². The van der Waals surface area contributed by atoms with E-state index in [-0.39, 0.29) is 0 Å². The Hall–Kier alpha value is -1.65. The molecule has 2 aromatic rings. The summed E-state index contributed by atoms with van der Waals surface area (Å²) in [5, 5.41) is 5.33. The molecule has 0 atom stereocenters. The zero-order chi connectivity index (χ0) is 13.5. The van der Waals surface area contributed by atoms with Gasteiger partial charge < -0.3 is 14.8 Å². The lowest BCUT2D eigenvalue weighted by Crippen LogP contribution is -2.09. The van der Waals surface area contributed by atoms with Crippen molar-refractivity contribution in [1.29, 1.82) is 0 Å². The van der Waals surface area contributed by atoms with E-state index in [9.17, 15) is 0 Å². The zero-order valence-electron chi connectivity index (χ0n) is 11.5. The molecule has 0 saturated heterocycles. The van der Waals surface area contributed by atoms with Crippen molar-refractivity contribution < 1.29 is 9.47 Å². The molecule has 19 heavy (non-hydrogen) atoms. The maximum absolute atomic E-state index is 5.79. The lowest BCUT2D eigenvalue weighted by molar-refractivity contribution is 0.171. The van der Waals surface area contributed by atoms with E-state index >= 15 is 0 Å². The molecule has 0 aliphatic rings. The first-order valence-corrected chi connectivity index (χ1v) is 6.50. The van der Waals surface area contributed by atoms with Crippen LogP contribution in [0.4, 0.5) is 0 Å². The van der Waals surface area contributed by atoms with Gasteiger partial charge in [0.2, 0.25) is 5.88 Å². The number of aromatic nitrogens is 1. The van der Waals surface area contributed by atoms with Crippen molar-refractivity contribution in [2.45, 2.75) is 13.0 Å². The van der Waals surface area contributed by atoms with Gasteiger partial charge in [0.25, 0.3) is 0 Å². The Bertz CT molecular complexity index is 529.